The Morgan fingerprint density at radius 3 is 2.87 bits per heavy atom. The number of aromatic amines is 1. The molecule has 0 radical (unpaired) electrons. The summed E-state index contributed by atoms with van der Waals surface area (Å²) in [7, 11) is 0. The number of halogens is 1. The van der Waals surface area contributed by atoms with Crippen LogP contribution in [0.15, 0.2) is 53.8 Å². The number of carbonyl (C=O) groups excluding carboxylic acids is 1. The van der Waals surface area contributed by atoms with Crippen LogP contribution in [-0.2, 0) is 17.8 Å². The molecule has 0 spiro atoms. The number of nitrogens with one attached hydrogen (secondary N) is 1. The molecule has 11 heteroatoms. The molecule has 1 aliphatic rings. The largest absolute Gasteiger partial charge is 0.489 e. The van der Waals surface area contributed by atoms with Gasteiger partial charge in [0.2, 0.25) is 5.91 Å². The van der Waals surface area contributed by atoms with E-state index in [0.717, 1.165) is 4.68 Å². The molecule has 3 heterocycles. The van der Waals surface area contributed by atoms with Crippen LogP contribution in [0.1, 0.15) is 29.9 Å². The van der Waals surface area contributed by atoms with Gasteiger partial charge in [0.05, 0.1) is 40.2 Å². The lowest BCUT2D eigenvalue weighted by molar-refractivity contribution is -0.131. The number of likely N-dealkylation sites (tertiary alicyclic amines) is 1. The van der Waals surface area contributed by atoms with Crippen LogP contribution in [0.25, 0.3) is 21.8 Å². The van der Waals surface area contributed by atoms with Crippen LogP contribution in [-0.4, -0.2) is 67.6 Å². The third-order valence-corrected chi connectivity index (χ3v) is 6.68. The van der Waals surface area contributed by atoms with Gasteiger partial charge in [-0.2, -0.15) is 10.4 Å². The second-order valence-corrected chi connectivity index (χ2v) is 9.51. The van der Waals surface area contributed by atoms with Gasteiger partial charge in [-0.3, -0.25) is 9.59 Å². The fourth-order valence-electron chi connectivity index (χ4n) is 4.71. The quantitative estimate of drug-likeness (QED) is 0.317. The van der Waals surface area contributed by atoms with E-state index in [9.17, 15) is 24.3 Å². The van der Waals surface area contributed by atoms with Crippen LogP contribution >= 0.6 is 0 Å². The predicted molar refractivity (Wildman–Crippen MR) is 142 cm³/mol. The van der Waals surface area contributed by atoms with Crippen molar-refractivity contribution >= 4 is 27.7 Å². The monoisotopic (exact) mass is 530 g/mol. The van der Waals surface area contributed by atoms with E-state index in [4.69, 9.17) is 4.74 Å². The highest BCUT2D eigenvalue weighted by Crippen LogP contribution is 2.26. The molecule has 1 aliphatic heterocycles. The number of benzene rings is 2. The molecule has 0 bridgehead atoms. The smallest absolute Gasteiger partial charge is 0.275 e. The van der Waals surface area contributed by atoms with Crippen LogP contribution in [0.3, 0.4) is 0 Å². The van der Waals surface area contributed by atoms with E-state index in [2.05, 4.69) is 27.7 Å². The summed E-state index contributed by atoms with van der Waals surface area (Å²) < 4.78 is 20.6. The molecule has 1 saturated heterocycles. The lowest BCUT2D eigenvalue weighted by Crippen LogP contribution is -2.37. The van der Waals surface area contributed by atoms with E-state index < -0.39 is 12.3 Å². The van der Waals surface area contributed by atoms with Crippen LogP contribution in [0, 0.1) is 11.3 Å². The number of amides is 1. The van der Waals surface area contributed by atoms with Crippen molar-refractivity contribution in [1.82, 2.24) is 24.6 Å². The molecule has 2 atom stereocenters. The Morgan fingerprint density at radius 1 is 1.36 bits per heavy atom. The maximum Gasteiger partial charge on any atom is 0.275 e. The van der Waals surface area contributed by atoms with Crippen molar-refractivity contribution < 1.29 is 19.0 Å². The Kier molecular flexibility index (Phi) is 7.38. The summed E-state index contributed by atoms with van der Waals surface area (Å²) in [5, 5.41) is 24.9. The van der Waals surface area contributed by atoms with E-state index in [1.54, 1.807) is 36.4 Å². The van der Waals surface area contributed by atoms with Crippen molar-refractivity contribution in [2.24, 2.45) is 0 Å². The average molecular weight is 531 g/mol. The fourth-order valence-corrected chi connectivity index (χ4v) is 4.71. The van der Waals surface area contributed by atoms with Gasteiger partial charge in [-0.1, -0.05) is 24.3 Å². The van der Waals surface area contributed by atoms with Gasteiger partial charge in [-0.15, -0.1) is 6.58 Å². The Hall–Kier alpha value is -4.56. The normalized spacial score (nSPS) is 15.9. The van der Waals surface area contributed by atoms with Crippen molar-refractivity contribution in [2.45, 2.75) is 38.1 Å². The highest BCUT2D eigenvalue weighted by Gasteiger charge is 2.25. The van der Waals surface area contributed by atoms with Gasteiger partial charge < -0.3 is 19.7 Å². The molecule has 0 aliphatic carbocycles. The predicted octanol–water partition coefficient (Wildman–Crippen LogP) is 2.62. The van der Waals surface area contributed by atoms with Crippen molar-refractivity contribution in [3.8, 4) is 11.8 Å². The van der Waals surface area contributed by atoms with Crippen LogP contribution in [0.4, 0.5) is 4.39 Å². The molecule has 200 valence electrons. The Labute approximate surface area is 222 Å². The Balaban J connectivity index is 1.45. The number of H-pyrrole nitrogens is 1. The summed E-state index contributed by atoms with van der Waals surface area (Å²) in [4.78, 5) is 35.2. The van der Waals surface area contributed by atoms with Crippen molar-refractivity contribution in [3.63, 3.8) is 0 Å². The van der Waals surface area contributed by atoms with Crippen molar-refractivity contribution in [3.05, 3.63) is 76.5 Å². The summed E-state index contributed by atoms with van der Waals surface area (Å²) in [6.07, 6.45) is 0.540. The zero-order chi connectivity index (χ0) is 27.5. The first kappa shape index (κ1) is 26.1. The first-order valence-corrected chi connectivity index (χ1v) is 12.6. The van der Waals surface area contributed by atoms with Crippen LogP contribution < -0.4 is 10.3 Å². The van der Waals surface area contributed by atoms with Gasteiger partial charge in [0.1, 0.15) is 37.0 Å². The molecule has 2 aromatic heterocycles. The van der Waals surface area contributed by atoms with Gasteiger partial charge in [-0.05, 0) is 25.0 Å². The number of allylic oxidation sites excluding steroid dienone is 1. The second kappa shape index (κ2) is 11.0. The summed E-state index contributed by atoms with van der Waals surface area (Å²) in [5.74, 6) is 0.474. The average Bonchev–Trinajstić information content (AvgIpc) is 3.54. The number of β-amino-alcohol motifs (C(OH)–C–C–N with tert-alkyl or cyclic N) is 1. The number of aliphatic hydroxyl groups excluding tert-OH is 1. The number of rotatable bonds is 9. The number of fused-ring (bicyclic) bond motifs is 2. The summed E-state index contributed by atoms with van der Waals surface area (Å²) in [6, 6.07) is 12.3. The minimum absolute atomic E-state index is 0.144. The first-order chi connectivity index (χ1) is 18.9. The molecular formula is C28H27FN6O4. The maximum atomic E-state index is 13.9. The number of nitrogens with zero attached hydrogens (tertiary/aromatic N) is 5. The summed E-state index contributed by atoms with van der Waals surface area (Å²) >= 11 is 0. The number of hydrogen-bond acceptors (Lipinski definition) is 7. The van der Waals surface area contributed by atoms with Gasteiger partial charge in [0.15, 0.2) is 0 Å². The molecule has 1 amide bonds. The minimum atomic E-state index is -1.24. The standard InChI is InChI=1S/C28H27FN6O4/c1-2-5-18(29)16-39-25-11-24-23(10-17(25)13-30)31-26(32-24)12-22-20-6-3-4-7-21(20)28(38)35(33-22)15-27(37)34-9-8-19(36)14-34/h2-4,6-7,10-11,18-19,36H,1,5,8-9,12,14-16H2,(H,31,32)/t18?,19-/m0/s1. The van der Waals surface area contributed by atoms with E-state index in [-0.39, 0.29) is 55.3 Å². The first-order valence-electron chi connectivity index (χ1n) is 12.6. The molecule has 1 unspecified atom stereocenters. The molecular weight excluding hydrogens is 503 g/mol. The van der Waals surface area contributed by atoms with Gasteiger partial charge in [0, 0.05) is 24.5 Å². The summed E-state index contributed by atoms with van der Waals surface area (Å²) in [6.45, 7) is 3.74. The third-order valence-electron chi connectivity index (χ3n) is 6.68. The lowest BCUT2D eigenvalue weighted by atomic mass is 10.1. The number of imidazole rings is 1. The Bertz CT molecular complexity index is 1660. The SMILES string of the molecule is C=CCC(F)COc1cc2nc(Cc3nn(CC(=O)N4CC[C@H](O)C4)c(=O)c4ccccc34)[nH]c2cc1C#N. The molecule has 10 nitrogen and oxygen atoms in total. The van der Waals surface area contributed by atoms with Crippen molar-refractivity contribution in [2.75, 3.05) is 19.7 Å². The number of aliphatic hydroxyl groups is 1. The number of nitriles is 1. The number of ether oxygens (including phenoxy) is 1. The molecule has 2 aromatic carbocycles. The van der Waals surface area contributed by atoms with E-state index in [1.807, 2.05) is 0 Å². The number of carbonyl (C=O) groups is 1. The zero-order valence-electron chi connectivity index (χ0n) is 21.1. The molecule has 0 saturated carbocycles. The fraction of sp³-hybridized carbons (Fsp3) is 0.321. The number of hydrogen-bond donors (Lipinski definition) is 2. The molecule has 1 fully saturated rings. The Morgan fingerprint density at radius 2 is 2.15 bits per heavy atom. The highest BCUT2D eigenvalue weighted by atomic mass is 19.1. The van der Waals surface area contributed by atoms with Crippen LogP contribution in [0.2, 0.25) is 0 Å². The molecule has 2 N–H and O–H groups in total. The number of alkyl halides is 1. The van der Waals surface area contributed by atoms with Crippen molar-refractivity contribution in [1.29, 1.82) is 5.26 Å². The van der Waals surface area contributed by atoms with E-state index >= 15 is 0 Å². The highest BCUT2D eigenvalue weighted by molar-refractivity contribution is 5.85. The zero-order valence-corrected chi connectivity index (χ0v) is 21.1. The van der Waals surface area contributed by atoms with Gasteiger partial charge in [0.25, 0.3) is 5.56 Å². The number of aromatic nitrogens is 4. The summed E-state index contributed by atoms with van der Waals surface area (Å²) in [5.41, 5.74) is 1.53. The topological polar surface area (TPSA) is 137 Å². The third kappa shape index (κ3) is 5.51. The van der Waals surface area contributed by atoms with Gasteiger partial charge >= 0.3 is 0 Å². The lowest BCUT2D eigenvalue weighted by Gasteiger charge is -2.16. The maximum absolute atomic E-state index is 13.9. The molecule has 4 aromatic rings. The van der Waals surface area contributed by atoms with Crippen LogP contribution in [0.5, 0.6) is 5.75 Å². The molecule has 5 rings (SSSR count). The van der Waals surface area contributed by atoms with E-state index in [1.165, 1.54) is 11.0 Å². The van der Waals surface area contributed by atoms with E-state index in [0.29, 0.717) is 46.3 Å². The molecule has 39 heavy (non-hydrogen) atoms. The van der Waals surface area contributed by atoms with Gasteiger partial charge in [-0.25, -0.2) is 14.1 Å². The second-order valence-electron chi connectivity index (χ2n) is 9.51. The minimum Gasteiger partial charge on any atom is -0.489 e.